The number of carbonyl (C=O) groups excluding carboxylic acids is 1. The maximum absolute atomic E-state index is 12.0. The van der Waals surface area contributed by atoms with E-state index in [9.17, 15) is 9.90 Å². The van der Waals surface area contributed by atoms with Crippen LogP contribution < -0.4 is 5.32 Å². The Hall–Kier alpha value is -2.21. The van der Waals surface area contributed by atoms with Crippen molar-refractivity contribution < 1.29 is 14.4 Å². The standard InChI is InChI=1S/C15H17N3O3/c1-9-16-14(21-18-9)7-6-13(20)17-15-11-5-3-2-4-10(11)8-12(15)19/h2-5,12,15,19H,6-8H2,1H3,(H,17,20)/t12-,15+/m1/s1. The van der Waals surface area contributed by atoms with Gasteiger partial charge in [0.05, 0.1) is 12.1 Å². The normalized spacial score (nSPS) is 20.3. The quantitative estimate of drug-likeness (QED) is 0.878. The molecule has 1 aliphatic carbocycles. The summed E-state index contributed by atoms with van der Waals surface area (Å²) >= 11 is 0. The summed E-state index contributed by atoms with van der Waals surface area (Å²) in [6.07, 6.45) is 0.658. The maximum Gasteiger partial charge on any atom is 0.227 e. The van der Waals surface area contributed by atoms with Gasteiger partial charge in [-0.3, -0.25) is 4.79 Å². The first kappa shape index (κ1) is 13.8. The molecule has 6 heteroatoms. The molecule has 0 radical (unpaired) electrons. The van der Waals surface area contributed by atoms with Gasteiger partial charge in [-0.25, -0.2) is 0 Å². The summed E-state index contributed by atoms with van der Waals surface area (Å²) < 4.78 is 4.97. The largest absolute Gasteiger partial charge is 0.390 e. The van der Waals surface area contributed by atoms with Crippen molar-refractivity contribution in [1.29, 1.82) is 0 Å². The zero-order valence-corrected chi connectivity index (χ0v) is 11.7. The van der Waals surface area contributed by atoms with Gasteiger partial charge in [0.1, 0.15) is 0 Å². The number of hydrogen-bond acceptors (Lipinski definition) is 5. The number of hydrogen-bond donors (Lipinski definition) is 2. The number of aryl methyl sites for hydroxylation is 2. The van der Waals surface area contributed by atoms with Gasteiger partial charge in [-0.05, 0) is 18.1 Å². The second-order valence-electron chi connectivity index (χ2n) is 5.25. The predicted octanol–water partition coefficient (Wildman–Crippen LogP) is 1.09. The summed E-state index contributed by atoms with van der Waals surface area (Å²) in [6.45, 7) is 1.74. The molecule has 110 valence electrons. The van der Waals surface area contributed by atoms with Gasteiger partial charge in [0.2, 0.25) is 11.8 Å². The lowest BCUT2D eigenvalue weighted by molar-refractivity contribution is -0.122. The average molecular weight is 287 g/mol. The fourth-order valence-corrected chi connectivity index (χ4v) is 2.66. The molecule has 1 aromatic heterocycles. The summed E-state index contributed by atoms with van der Waals surface area (Å²) in [5.74, 6) is 0.882. The Kier molecular flexibility index (Phi) is 3.70. The molecule has 0 unspecified atom stereocenters. The molecule has 1 amide bonds. The number of amides is 1. The lowest BCUT2D eigenvalue weighted by atomic mass is 10.1. The van der Waals surface area contributed by atoms with Crippen LogP contribution in [0.3, 0.4) is 0 Å². The Morgan fingerprint density at radius 2 is 2.29 bits per heavy atom. The van der Waals surface area contributed by atoms with Gasteiger partial charge in [0.15, 0.2) is 5.82 Å². The third-order valence-electron chi connectivity index (χ3n) is 3.66. The molecule has 1 heterocycles. The zero-order valence-electron chi connectivity index (χ0n) is 11.7. The predicted molar refractivity (Wildman–Crippen MR) is 74.4 cm³/mol. The number of nitrogens with one attached hydrogen (secondary N) is 1. The van der Waals surface area contributed by atoms with Crippen molar-refractivity contribution in [3.63, 3.8) is 0 Å². The molecule has 3 rings (SSSR count). The first-order valence-electron chi connectivity index (χ1n) is 6.98. The SMILES string of the molecule is Cc1noc(CCC(=O)N[C@H]2c3ccccc3C[C@H]2O)n1. The highest BCUT2D eigenvalue weighted by Gasteiger charge is 2.31. The summed E-state index contributed by atoms with van der Waals surface area (Å²) in [7, 11) is 0. The Balaban J connectivity index is 1.60. The number of aromatic nitrogens is 2. The number of carbonyl (C=O) groups is 1. The minimum Gasteiger partial charge on any atom is -0.390 e. The fourth-order valence-electron chi connectivity index (χ4n) is 2.66. The van der Waals surface area contributed by atoms with Gasteiger partial charge in [0, 0.05) is 19.3 Å². The lowest BCUT2D eigenvalue weighted by Crippen LogP contribution is -2.34. The van der Waals surface area contributed by atoms with Crippen molar-refractivity contribution in [2.75, 3.05) is 0 Å². The molecule has 0 saturated carbocycles. The third-order valence-corrected chi connectivity index (χ3v) is 3.66. The third kappa shape index (κ3) is 2.95. The minimum atomic E-state index is -0.572. The smallest absolute Gasteiger partial charge is 0.227 e. The molecule has 0 bridgehead atoms. The number of rotatable bonds is 4. The first-order valence-corrected chi connectivity index (χ1v) is 6.98. The highest BCUT2D eigenvalue weighted by atomic mass is 16.5. The van der Waals surface area contributed by atoms with Crippen LogP contribution in [0.5, 0.6) is 0 Å². The molecule has 2 aromatic rings. The van der Waals surface area contributed by atoms with Crippen LogP contribution in [0.25, 0.3) is 0 Å². The molecule has 0 aliphatic heterocycles. The topological polar surface area (TPSA) is 88.2 Å². The summed E-state index contributed by atoms with van der Waals surface area (Å²) in [4.78, 5) is 16.1. The number of benzene rings is 1. The van der Waals surface area contributed by atoms with Crippen molar-refractivity contribution in [2.24, 2.45) is 0 Å². The Morgan fingerprint density at radius 3 is 3.05 bits per heavy atom. The molecule has 2 atom stereocenters. The van der Waals surface area contributed by atoms with Crippen LogP contribution in [0.1, 0.15) is 35.3 Å². The molecule has 1 aliphatic rings. The molecule has 1 aromatic carbocycles. The van der Waals surface area contributed by atoms with Crippen LogP contribution in [-0.4, -0.2) is 27.3 Å². The van der Waals surface area contributed by atoms with E-state index in [1.54, 1.807) is 6.92 Å². The van der Waals surface area contributed by atoms with Crippen molar-refractivity contribution >= 4 is 5.91 Å². The second-order valence-corrected chi connectivity index (χ2v) is 5.25. The molecule has 21 heavy (non-hydrogen) atoms. The molecule has 0 fully saturated rings. The van der Waals surface area contributed by atoms with E-state index >= 15 is 0 Å². The molecule has 6 nitrogen and oxygen atoms in total. The summed E-state index contributed by atoms with van der Waals surface area (Å²) in [6, 6.07) is 7.44. The van der Waals surface area contributed by atoms with Gasteiger partial charge in [-0.1, -0.05) is 29.4 Å². The highest BCUT2D eigenvalue weighted by Crippen LogP contribution is 2.31. The Labute approximate surface area is 122 Å². The molecule has 2 N–H and O–H groups in total. The molecule has 0 saturated heterocycles. The number of aliphatic hydroxyl groups is 1. The van der Waals surface area contributed by atoms with Crippen molar-refractivity contribution in [2.45, 2.75) is 38.3 Å². The Bertz CT molecular complexity index is 653. The van der Waals surface area contributed by atoms with Crippen LogP contribution in [0.2, 0.25) is 0 Å². The van der Waals surface area contributed by atoms with Gasteiger partial charge < -0.3 is 14.9 Å². The number of nitrogens with zero attached hydrogens (tertiary/aromatic N) is 2. The average Bonchev–Trinajstić information content (AvgIpc) is 3.01. The van der Waals surface area contributed by atoms with E-state index in [1.807, 2.05) is 24.3 Å². The van der Waals surface area contributed by atoms with Gasteiger partial charge in [-0.15, -0.1) is 0 Å². The molecular weight excluding hydrogens is 270 g/mol. The fraction of sp³-hybridized carbons (Fsp3) is 0.400. The van der Waals surface area contributed by atoms with Crippen LogP contribution in [0.4, 0.5) is 0 Å². The monoisotopic (exact) mass is 287 g/mol. The Morgan fingerprint density at radius 1 is 1.48 bits per heavy atom. The molecule has 0 spiro atoms. The lowest BCUT2D eigenvalue weighted by Gasteiger charge is -2.17. The number of aliphatic hydroxyl groups excluding tert-OH is 1. The summed E-state index contributed by atoms with van der Waals surface area (Å²) in [5.41, 5.74) is 2.08. The minimum absolute atomic E-state index is 0.133. The van der Waals surface area contributed by atoms with Gasteiger partial charge >= 0.3 is 0 Å². The maximum atomic E-state index is 12.0. The van der Waals surface area contributed by atoms with E-state index in [4.69, 9.17) is 4.52 Å². The van der Waals surface area contributed by atoms with E-state index in [2.05, 4.69) is 15.5 Å². The van der Waals surface area contributed by atoms with Gasteiger partial charge in [-0.2, -0.15) is 4.98 Å². The highest BCUT2D eigenvalue weighted by molar-refractivity contribution is 5.77. The van der Waals surface area contributed by atoms with Gasteiger partial charge in [0.25, 0.3) is 0 Å². The first-order chi connectivity index (χ1) is 10.1. The van der Waals surface area contributed by atoms with Crippen molar-refractivity contribution in [1.82, 2.24) is 15.5 Å². The summed E-state index contributed by atoms with van der Waals surface area (Å²) in [5, 5.41) is 16.7. The zero-order chi connectivity index (χ0) is 14.8. The number of fused-ring (bicyclic) bond motifs is 1. The van der Waals surface area contributed by atoms with E-state index < -0.39 is 6.10 Å². The van der Waals surface area contributed by atoms with E-state index in [-0.39, 0.29) is 18.4 Å². The van der Waals surface area contributed by atoms with Crippen molar-refractivity contribution in [3.05, 3.63) is 47.1 Å². The van der Waals surface area contributed by atoms with Crippen LogP contribution in [-0.2, 0) is 17.6 Å². The van der Waals surface area contributed by atoms with E-state index in [0.717, 1.165) is 11.1 Å². The van der Waals surface area contributed by atoms with E-state index in [1.165, 1.54) is 0 Å². The van der Waals surface area contributed by atoms with Crippen LogP contribution in [0, 0.1) is 6.92 Å². The van der Waals surface area contributed by atoms with E-state index in [0.29, 0.717) is 24.6 Å². The van der Waals surface area contributed by atoms with Crippen LogP contribution >= 0.6 is 0 Å². The molecular formula is C15H17N3O3. The van der Waals surface area contributed by atoms with Crippen LogP contribution in [0.15, 0.2) is 28.8 Å². The van der Waals surface area contributed by atoms with Crippen molar-refractivity contribution in [3.8, 4) is 0 Å². The second kappa shape index (κ2) is 5.65.